The van der Waals surface area contributed by atoms with E-state index in [1.165, 1.54) is 0 Å². The molecule has 0 atom stereocenters. The first kappa shape index (κ1) is 16.8. The monoisotopic (exact) mass is 358 g/mol. The predicted octanol–water partition coefficient (Wildman–Crippen LogP) is 1.38. The van der Waals surface area contributed by atoms with E-state index in [9.17, 15) is 4.79 Å². The number of aromatic nitrogens is 2. The molecule has 2 aliphatic heterocycles. The molecule has 4 rings (SSSR count). The van der Waals surface area contributed by atoms with Crippen LogP contribution in [0.5, 0.6) is 11.5 Å². The topological polar surface area (TPSA) is 80.9 Å². The molecule has 0 aliphatic carbocycles. The van der Waals surface area contributed by atoms with E-state index in [2.05, 4.69) is 15.2 Å². The first-order valence-electron chi connectivity index (χ1n) is 8.86. The normalized spacial score (nSPS) is 16.9. The highest BCUT2D eigenvalue weighted by atomic mass is 16.7. The van der Waals surface area contributed by atoms with Crippen molar-refractivity contribution in [2.24, 2.45) is 0 Å². The van der Waals surface area contributed by atoms with Crippen molar-refractivity contribution in [2.75, 3.05) is 33.0 Å². The van der Waals surface area contributed by atoms with Crippen LogP contribution in [0.1, 0.15) is 23.4 Å². The molecule has 0 unspecified atom stereocenters. The molecule has 0 saturated carbocycles. The van der Waals surface area contributed by atoms with Gasteiger partial charge in [0.1, 0.15) is 11.4 Å². The maximum Gasteiger partial charge on any atom is 0.231 e. The van der Waals surface area contributed by atoms with E-state index >= 15 is 0 Å². The quantitative estimate of drug-likeness (QED) is 0.799. The zero-order chi connectivity index (χ0) is 17.9. The van der Waals surface area contributed by atoms with Gasteiger partial charge in [0.05, 0.1) is 0 Å². The third kappa shape index (κ3) is 3.65. The van der Waals surface area contributed by atoms with Gasteiger partial charge in [-0.05, 0) is 31.0 Å². The van der Waals surface area contributed by atoms with Gasteiger partial charge in [-0.3, -0.25) is 9.69 Å². The molecule has 8 nitrogen and oxygen atoms in total. The number of rotatable bonds is 5. The lowest BCUT2D eigenvalue weighted by atomic mass is 10.1. The molecule has 0 radical (unpaired) electrons. The number of benzene rings is 1. The number of nitrogens with zero attached hydrogens (tertiary/aromatic N) is 4. The Bertz CT molecular complexity index is 783. The predicted molar refractivity (Wildman–Crippen MR) is 91.8 cm³/mol. The van der Waals surface area contributed by atoms with Crippen molar-refractivity contribution in [1.82, 2.24) is 20.1 Å². The summed E-state index contributed by atoms with van der Waals surface area (Å²) in [5.41, 5.74) is 2.79. The van der Waals surface area contributed by atoms with Crippen molar-refractivity contribution in [2.45, 2.75) is 26.3 Å². The summed E-state index contributed by atoms with van der Waals surface area (Å²) in [7, 11) is 0. The maximum atomic E-state index is 12.5. The number of piperazine rings is 1. The summed E-state index contributed by atoms with van der Waals surface area (Å²) in [6.45, 7) is 6.03. The summed E-state index contributed by atoms with van der Waals surface area (Å²) in [5.74, 6) is 1.73. The Hall–Kier alpha value is -2.61. The van der Waals surface area contributed by atoms with Gasteiger partial charge in [-0.15, -0.1) is 0 Å². The molecular formula is C18H22N4O4. The van der Waals surface area contributed by atoms with Gasteiger partial charge < -0.3 is 14.4 Å². The molecule has 26 heavy (non-hydrogen) atoms. The number of carbonyl (C=O) groups is 1. The average Bonchev–Trinajstić information content (AvgIpc) is 3.29. The van der Waals surface area contributed by atoms with Crippen LogP contribution in [0.4, 0.5) is 0 Å². The largest absolute Gasteiger partial charge is 0.454 e. The molecule has 1 amide bonds. The van der Waals surface area contributed by atoms with E-state index in [0.29, 0.717) is 19.4 Å². The maximum absolute atomic E-state index is 12.5. The molecule has 8 heteroatoms. The fourth-order valence-electron chi connectivity index (χ4n) is 3.27. The highest BCUT2D eigenvalue weighted by Crippen LogP contribution is 2.32. The molecular weight excluding hydrogens is 336 g/mol. The van der Waals surface area contributed by atoms with Crippen LogP contribution in [0.3, 0.4) is 0 Å². The van der Waals surface area contributed by atoms with E-state index in [0.717, 1.165) is 54.6 Å². The third-order valence-corrected chi connectivity index (χ3v) is 4.91. The highest BCUT2D eigenvalue weighted by Gasteiger charge is 2.22. The Morgan fingerprint density at radius 3 is 2.69 bits per heavy atom. The fraction of sp³-hybridized carbons (Fsp3) is 0.500. The Morgan fingerprint density at radius 2 is 1.92 bits per heavy atom. The Labute approximate surface area is 151 Å². The number of fused-ring (bicyclic) bond motifs is 1. The Morgan fingerprint density at radius 1 is 1.12 bits per heavy atom. The minimum atomic E-state index is 0.196. The molecule has 3 heterocycles. The number of hydrogen-bond acceptors (Lipinski definition) is 7. The molecule has 1 aromatic carbocycles. The van der Waals surface area contributed by atoms with Gasteiger partial charge in [0, 0.05) is 39.1 Å². The molecule has 2 aromatic rings. The molecule has 1 aromatic heterocycles. The van der Waals surface area contributed by atoms with Crippen molar-refractivity contribution >= 4 is 5.91 Å². The average molecular weight is 358 g/mol. The zero-order valence-corrected chi connectivity index (χ0v) is 14.8. The Balaban J connectivity index is 1.24. The van der Waals surface area contributed by atoms with Gasteiger partial charge in [0.2, 0.25) is 12.7 Å². The summed E-state index contributed by atoms with van der Waals surface area (Å²) >= 11 is 0. The summed E-state index contributed by atoms with van der Waals surface area (Å²) in [4.78, 5) is 16.7. The number of carbonyl (C=O) groups excluding carboxylic acids is 1. The third-order valence-electron chi connectivity index (χ3n) is 4.91. The van der Waals surface area contributed by atoms with Crippen LogP contribution < -0.4 is 9.47 Å². The van der Waals surface area contributed by atoms with Crippen molar-refractivity contribution in [3.05, 3.63) is 35.2 Å². The lowest BCUT2D eigenvalue weighted by Crippen LogP contribution is -2.48. The lowest BCUT2D eigenvalue weighted by Gasteiger charge is -2.34. The van der Waals surface area contributed by atoms with Crippen LogP contribution in [-0.4, -0.2) is 59.0 Å². The van der Waals surface area contributed by atoms with Crippen molar-refractivity contribution in [3.8, 4) is 11.5 Å². The molecule has 1 fully saturated rings. The minimum absolute atomic E-state index is 0.196. The van der Waals surface area contributed by atoms with Gasteiger partial charge in [-0.25, -0.2) is 4.63 Å². The number of ether oxygens (including phenoxy) is 2. The summed E-state index contributed by atoms with van der Waals surface area (Å²) < 4.78 is 15.4. The second-order valence-corrected chi connectivity index (χ2v) is 6.64. The van der Waals surface area contributed by atoms with Crippen molar-refractivity contribution in [3.63, 3.8) is 0 Å². The van der Waals surface area contributed by atoms with E-state index in [4.69, 9.17) is 14.1 Å². The second kappa shape index (κ2) is 7.33. The first-order valence-corrected chi connectivity index (χ1v) is 8.86. The second-order valence-electron chi connectivity index (χ2n) is 6.64. The molecule has 0 bridgehead atoms. The summed E-state index contributed by atoms with van der Waals surface area (Å²) in [6, 6.07) is 5.86. The van der Waals surface area contributed by atoms with Crippen molar-refractivity contribution in [1.29, 1.82) is 0 Å². The van der Waals surface area contributed by atoms with Crippen LogP contribution in [0.25, 0.3) is 0 Å². The zero-order valence-electron chi connectivity index (χ0n) is 14.8. The summed E-state index contributed by atoms with van der Waals surface area (Å²) in [5, 5.41) is 7.73. The van der Waals surface area contributed by atoms with Crippen LogP contribution in [0.2, 0.25) is 0 Å². The first-order chi connectivity index (χ1) is 12.7. The smallest absolute Gasteiger partial charge is 0.231 e. The molecule has 138 valence electrons. The number of hydrogen-bond donors (Lipinski definition) is 0. The summed E-state index contributed by atoms with van der Waals surface area (Å²) in [6.07, 6.45) is 1.21. The molecule has 2 aliphatic rings. The van der Waals surface area contributed by atoms with Crippen LogP contribution >= 0.6 is 0 Å². The lowest BCUT2D eigenvalue weighted by molar-refractivity contribution is -0.133. The molecule has 0 spiro atoms. The van der Waals surface area contributed by atoms with Gasteiger partial charge in [-0.2, -0.15) is 0 Å². The van der Waals surface area contributed by atoms with Gasteiger partial charge >= 0.3 is 0 Å². The van der Waals surface area contributed by atoms with Crippen LogP contribution in [0.15, 0.2) is 22.8 Å². The highest BCUT2D eigenvalue weighted by molar-refractivity contribution is 5.76. The van der Waals surface area contributed by atoms with E-state index in [-0.39, 0.29) is 12.7 Å². The van der Waals surface area contributed by atoms with E-state index < -0.39 is 0 Å². The number of amides is 1. The SMILES string of the molecule is Cc1nonc1CN1CCN(C(=O)CCc2ccc3c(c2)OCO3)CC1. The van der Waals surface area contributed by atoms with Gasteiger partial charge in [0.25, 0.3) is 0 Å². The van der Waals surface area contributed by atoms with E-state index in [1.54, 1.807) is 0 Å². The van der Waals surface area contributed by atoms with Crippen molar-refractivity contribution < 1.29 is 18.9 Å². The van der Waals surface area contributed by atoms with Crippen LogP contribution in [0, 0.1) is 6.92 Å². The molecule has 0 N–H and O–H groups in total. The minimum Gasteiger partial charge on any atom is -0.454 e. The molecule has 1 saturated heterocycles. The van der Waals surface area contributed by atoms with E-state index in [1.807, 2.05) is 30.0 Å². The standard InChI is InChI=1S/C18H22N4O4/c1-13-15(20-26-19-13)11-21-6-8-22(9-7-21)18(23)5-3-14-2-4-16-17(10-14)25-12-24-16/h2,4,10H,3,5-9,11-12H2,1H3. The number of aryl methyl sites for hydroxylation is 2. The fourth-order valence-corrected chi connectivity index (χ4v) is 3.27. The van der Waals surface area contributed by atoms with Gasteiger partial charge in [0.15, 0.2) is 11.5 Å². The Kier molecular flexibility index (Phi) is 4.75. The van der Waals surface area contributed by atoms with Crippen LogP contribution in [-0.2, 0) is 17.8 Å². The van der Waals surface area contributed by atoms with Gasteiger partial charge in [-0.1, -0.05) is 16.4 Å².